The van der Waals surface area contributed by atoms with Gasteiger partial charge in [-0.2, -0.15) is 11.8 Å². The molecule has 1 aliphatic rings. The third kappa shape index (κ3) is 3.19. The lowest BCUT2D eigenvalue weighted by atomic mass is 10.2. The molecule has 0 amide bonds. The highest BCUT2D eigenvalue weighted by Crippen LogP contribution is 2.30. The lowest BCUT2D eigenvalue weighted by Crippen LogP contribution is -2.06. The number of thioether (sulfide) groups is 1. The van der Waals surface area contributed by atoms with Gasteiger partial charge in [0.15, 0.2) is 0 Å². The van der Waals surface area contributed by atoms with Gasteiger partial charge in [0, 0.05) is 11.4 Å². The Bertz CT molecular complexity index is 417. The van der Waals surface area contributed by atoms with Gasteiger partial charge >= 0.3 is 5.97 Å². The number of rotatable bonds is 4. The molecule has 5 heteroatoms. The minimum atomic E-state index is -0.961. The molecule has 0 saturated heterocycles. The van der Waals surface area contributed by atoms with E-state index in [0.29, 0.717) is 5.69 Å². The monoisotopic (exact) mass is 252 g/mol. The molecule has 17 heavy (non-hydrogen) atoms. The summed E-state index contributed by atoms with van der Waals surface area (Å²) < 4.78 is 0. The van der Waals surface area contributed by atoms with Crippen LogP contribution in [0.5, 0.6) is 0 Å². The molecule has 2 rings (SSSR count). The van der Waals surface area contributed by atoms with Crippen molar-refractivity contribution in [3.05, 3.63) is 23.3 Å². The summed E-state index contributed by atoms with van der Waals surface area (Å²) in [6.07, 6.45) is 6.65. The van der Waals surface area contributed by atoms with Gasteiger partial charge in [0.05, 0.1) is 17.0 Å². The van der Waals surface area contributed by atoms with Crippen molar-refractivity contribution in [2.75, 3.05) is 0 Å². The van der Waals surface area contributed by atoms with E-state index in [4.69, 9.17) is 5.11 Å². The number of hydrogen-bond acceptors (Lipinski definition) is 4. The lowest BCUT2D eigenvalue weighted by Gasteiger charge is -2.08. The van der Waals surface area contributed by atoms with Gasteiger partial charge in [-0.15, -0.1) is 0 Å². The average Bonchev–Trinajstić information content (AvgIpc) is 2.78. The summed E-state index contributed by atoms with van der Waals surface area (Å²) >= 11 is 1.89. The summed E-state index contributed by atoms with van der Waals surface area (Å²) in [5.74, 6) is 0.563. The fourth-order valence-corrected chi connectivity index (χ4v) is 3.23. The Morgan fingerprint density at radius 2 is 2.24 bits per heavy atom. The number of carboxylic acid groups (broad SMARTS) is 1. The van der Waals surface area contributed by atoms with Crippen LogP contribution in [-0.4, -0.2) is 26.3 Å². The minimum absolute atomic E-state index is 0.194. The fourth-order valence-electron chi connectivity index (χ4n) is 2.04. The number of aromatic carboxylic acids is 1. The van der Waals surface area contributed by atoms with Crippen LogP contribution < -0.4 is 0 Å². The first-order chi connectivity index (χ1) is 8.16. The molecule has 1 aromatic rings. The molecule has 4 nitrogen and oxygen atoms in total. The highest BCUT2D eigenvalue weighted by atomic mass is 32.2. The first kappa shape index (κ1) is 12.4. The zero-order valence-corrected chi connectivity index (χ0v) is 10.7. The van der Waals surface area contributed by atoms with Gasteiger partial charge in [0.2, 0.25) is 0 Å². The molecule has 0 unspecified atom stereocenters. The van der Waals surface area contributed by atoms with Crippen LogP contribution >= 0.6 is 11.8 Å². The van der Waals surface area contributed by atoms with E-state index < -0.39 is 5.97 Å². The first-order valence-electron chi connectivity index (χ1n) is 5.84. The van der Waals surface area contributed by atoms with Crippen LogP contribution in [0.1, 0.15) is 47.6 Å². The zero-order chi connectivity index (χ0) is 12.3. The Hall–Kier alpha value is -1.10. The minimum Gasteiger partial charge on any atom is -0.478 e. The van der Waals surface area contributed by atoms with Gasteiger partial charge < -0.3 is 5.11 Å². The van der Waals surface area contributed by atoms with Gasteiger partial charge in [-0.3, -0.25) is 0 Å². The van der Waals surface area contributed by atoms with Crippen LogP contribution in [0.2, 0.25) is 0 Å². The normalized spacial score (nSPS) is 16.3. The number of hydrogen-bond donors (Lipinski definition) is 1. The van der Waals surface area contributed by atoms with Crippen molar-refractivity contribution < 1.29 is 9.90 Å². The molecule has 0 aliphatic heterocycles. The maximum Gasteiger partial charge on any atom is 0.339 e. The molecule has 1 N–H and O–H groups in total. The summed E-state index contributed by atoms with van der Waals surface area (Å²) in [6.45, 7) is 1.72. The van der Waals surface area contributed by atoms with Gasteiger partial charge in [-0.1, -0.05) is 12.8 Å². The van der Waals surface area contributed by atoms with Gasteiger partial charge in [0.1, 0.15) is 5.82 Å². The molecule has 1 saturated carbocycles. The second-order valence-electron chi connectivity index (χ2n) is 4.31. The molecule has 92 valence electrons. The zero-order valence-electron chi connectivity index (χ0n) is 9.85. The quantitative estimate of drug-likeness (QED) is 0.892. The third-order valence-electron chi connectivity index (χ3n) is 3.01. The summed E-state index contributed by atoms with van der Waals surface area (Å²) in [5, 5.41) is 9.61. The van der Waals surface area contributed by atoms with Crippen molar-refractivity contribution in [2.24, 2.45) is 0 Å². The molecule has 0 radical (unpaired) electrons. The molecule has 0 bridgehead atoms. The highest BCUT2D eigenvalue weighted by molar-refractivity contribution is 7.99. The second-order valence-corrected chi connectivity index (χ2v) is 5.60. The maximum absolute atomic E-state index is 10.8. The SMILES string of the molecule is Cc1nc(CSC2CCCC2)ncc1C(=O)O. The van der Waals surface area contributed by atoms with Crippen molar-refractivity contribution in [1.29, 1.82) is 0 Å². The van der Waals surface area contributed by atoms with Crippen molar-refractivity contribution in [2.45, 2.75) is 43.6 Å². The largest absolute Gasteiger partial charge is 0.478 e. The molecule has 1 aliphatic carbocycles. The molecule has 1 fully saturated rings. The summed E-state index contributed by atoms with van der Waals surface area (Å²) in [7, 11) is 0. The van der Waals surface area contributed by atoms with E-state index in [9.17, 15) is 4.79 Å². The standard InChI is InChI=1S/C12H16N2O2S/c1-8-10(12(15)16)6-13-11(14-8)7-17-9-4-2-3-5-9/h6,9H,2-5,7H2,1H3,(H,15,16). The van der Waals surface area contributed by atoms with Crippen LogP contribution in [0.3, 0.4) is 0 Å². The van der Waals surface area contributed by atoms with Crippen LogP contribution in [0, 0.1) is 6.92 Å². The van der Waals surface area contributed by atoms with Crippen molar-refractivity contribution in [3.63, 3.8) is 0 Å². The fraction of sp³-hybridized carbons (Fsp3) is 0.583. The van der Waals surface area contributed by atoms with Crippen LogP contribution in [0.15, 0.2) is 6.20 Å². The highest BCUT2D eigenvalue weighted by Gasteiger charge is 2.16. The van der Waals surface area contributed by atoms with E-state index in [1.807, 2.05) is 11.8 Å². The van der Waals surface area contributed by atoms with E-state index in [1.165, 1.54) is 31.9 Å². The van der Waals surface area contributed by atoms with Crippen LogP contribution in [0.4, 0.5) is 0 Å². The first-order valence-corrected chi connectivity index (χ1v) is 6.89. The van der Waals surface area contributed by atoms with Crippen LogP contribution in [0.25, 0.3) is 0 Å². The predicted octanol–water partition coefficient (Wildman–Crippen LogP) is 2.66. The second kappa shape index (κ2) is 5.49. The van der Waals surface area contributed by atoms with Crippen molar-refractivity contribution >= 4 is 17.7 Å². The Morgan fingerprint density at radius 3 is 2.82 bits per heavy atom. The molecule has 0 spiro atoms. The molecule has 1 aromatic heterocycles. The molecule has 0 aromatic carbocycles. The van der Waals surface area contributed by atoms with Crippen LogP contribution in [-0.2, 0) is 5.75 Å². The van der Waals surface area contributed by atoms with E-state index >= 15 is 0 Å². The number of aromatic nitrogens is 2. The Kier molecular flexibility index (Phi) is 3.99. The number of nitrogens with zero attached hydrogens (tertiary/aromatic N) is 2. The smallest absolute Gasteiger partial charge is 0.339 e. The molecular weight excluding hydrogens is 236 g/mol. The Morgan fingerprint density at radius 1 is 1.53 bits per heavy atom. The van der Waals surface area contributed by atoms with Crippen molar-refractivity contribution in [3.8, 4) is 0 Å². The van der Waals surface area contributed by atoms with E-state index in [-0.39, 0.29) is 5.56 Å². The molecular formula is C12H16N2O2S. The topological polar surface area (TPSA) is 63.1 Å². The number of aryl methyl sites for hydroxylation is 1. The third-order valence-corrected chi connectivity index (χ3v) is 4.38. The van der Waals surface area contributed by atoms with Crippen molar-refractivity contribution in [1.82, 2.24) is 9.97 Å². The Labute approximate surface area is 105 Å². The predicted molar refractivity (Wildman–Crippen MR) is 67.3 cm³/mol. The maximum atomic E-state index is 10.8. The van der Waals surface area contributed by atoms with E-state index in [1.54, 1.807) is 6.92 Å². The van der Waals surface area contributed by atoms with E-state index in [0.717, 1.165) is 16.8 Å². The van der Waals surface area contributed by atoms with E-state index in [2.05, 4.69) is 9.97 Å². The summed E-state index contributed by atoms with van der Waals surface area (Å²) in [5.41, 5.74) is 0.745. The average molecular weight is 252 g/mol. The van der Waals surface area contributed by atoms with Gasteiger partial charge in [-0.05, 0) is 19.8 Å². The molecule has 1 heterocycles. The number of carbonyl (C=O) groups is 1. The number of carboxylic acids is 1. The van der Waals surface area contributed by atoms with Gasteiger partial charge in [-0.25, -0.2) is 14.8 Å². The molecule has 0 atom stereocenters. The summed E-state index contributed by atoms with van der Waals surface area (Å²) in [6, 6.07) is 0. The van der Waals surface area contributed by atoms with Gasteiger partial charge in [0.25, 0.3) is 0 Å². The Balaban J connectivity index is 1.97. The summed E-state index contributed by atoms with van der Waals surface area (Å²) in [4.78, 5) is 19.2. The lowest BCUT2D eigenvalue weighted by molar-refractivity contribution is 0.0695.